The Morgan fingerprint density at radius 2 is 2.11 bits per heavy atom. The van der Waals surface area contributed by atoms with Gasteiger partial charge < -0.3 is 10.8 Å². The van der Waals surface area contributed by atoms with Gasteiger partial charge in [-0.15, -0.1) is 0 Å². The van der Waals surface area contributed by atoms with Crippen molar-refractivity contribution < 1.29 is 9.50 Å². The zero-order valence-electron chi connectivity index (χ0n) is 9.68. The molecule has 3 nitrogen and oxygen atoms in total. The topological polar surface area (TPSA) is 59.1 Å². The molecule has 2 unspecified atom stereocenters. The molecule has 1 heterocycles. The van der Waals surface area contributed by atoms with Crippen LogP contribution in [0.1, 0.15) is 29.2 Å². The average Bonchev–Trinajstić information content (AvgIpc) is 2.64. The maximum atomic E-state index is 13.3. The third-order valence-electron chi connectivity index (χ3n) is 3.50. The van der Waals surface area contributed by atoms with Crippen molar-refractivity contribution in [3.63, 3.8) is 0 Å². The van der Waals surface area contributed by atoms with Gasteiger partial charge in [0.05, 0.1) is 6.20 Å². The number of aromatic nitrogens is 1. The number of nitrogens with two attached hydrogens (primary N) is 1. The third-order valence-corrected chi connectivity index (χ3v) is 3.50. The summed E-state index contributed by atoms with van der Waals surface area (Å²) in [6.45, 7) is 0. The molecule has 3 N–H and O–H groups in total. The molecule has 1 aliphatic rings. The van der Waals surface area contributed by atoms with Crippen molar-refractivity contribution in [1.29, 1.82) is 0 Å². The number of hydrogen-bond donors (Lipinski definition) is 2. The minimum Gasteiger partial charge on any atom is -0.380 e. The van der Waals surface area contributed by atoms with Crippen LogP contribution in [0, 0.1) is 5.82 Å². The summed E-state index contributed by atoms with van der Waals surface area (Å²) >= 11 is 0. The van der Waals surface area contributed by atoms with Crippen LogP contribution >= 0.6 is 0 Å². The predicted molar refractivity (Wildman–Crippen MR) is 65.2 cm³/mol. The Morgan fingerprint density at radius 3 is 2.89 bits per heavy atom. The van der Waals surface area contributed by atoms with E-state index in [0.717, 1.165) is 17.3 Å². The number of aliphatic hydroxyl groups is 1. The molecule has 0 spiro atoms. The molecule has 1 aromatic heterocycles. The Morgan fingerprint density at radius 1 is 1.33 bits per heavy atom. The van der Waals surface area contributed by atoms with Gasteiger partial charge in [-0.2, -0.15) is 0 Å². The van der Waals surface area contributed by atoms with Gasteiger partial charge in [-0.1, -0.05) is 24.3 Å². The summed E-state index contributed by atoms with van der Waals surface area (Å²) in [6.07, 6.45) is 2.95. The molecule has 0 saturated heterocycles. The van der Waals surface area contributed by atoms with Gasteiger partial charge in [0.25, 0.3) is 0 Å². The molecule has 0 fully saturated rings. The molecule has 0 saturated carbocycles. The molecule has 3 rings (SSSR count). The molecule has 0 aliphatic heterocycles. The molecule has 4 heteroatoms. The first-order valence-electron chi connectivity index (χ1n) is 5.79. The Kier molecular flexibility index (Phi) is 2.43. The first kappa shape index (κ1) is 11.3. The summed E-state index contributed by atoms with van der Waals surface area (Å²) < 4.78 is 13.3. The van der Waals surface area contributed by atoms with Gasteiger partial charge >= 0.3 is 0 Å². The van der Waals surface area contributed by atoms with Crippen molar-refractivity contribution in [3.8, 4) is 0 Å². The fourth-order valence-electron chi connectivity index (χ4n) is 2.65. The fourth-order valence-corrected chi connectivity index (χ4v) is 2.65. The van der Waals surface area contributed by atoms with Crippen molar-refractivity contribution >= 4 is 0 Å². The van der Waals surface area contributed by atoms with Crippen LogP contribution in [0.3, 0.4) is 0 Å². The van der Waals surface area contributed by atoms with Crippen molar-refractivity contribution in [2.24, 2.45) is 5.73 Å². The van der Waals surface area contributed by atoms with Gasteiger partial charge in [-0.25, -0.2) is 4.39 Å². The van der Waals surface area contributed by atoms with Crippen LogP contribution in [-0.2, 0) is 5.60 Å². The highest BCUT2D eigenvalue weighted by molar-refractivity contribution is 5.46. The van der Waals surface area contributed by atoms with E-state index in [1.807, 2.05) is 24.3 Å². The molecule has 1 aliphatic carbocycles. The lowest BCUT2D eigenvalue weighted by molar-refractivity contribution is 0.0769. The maximum Gasteiger partial charge on any atom is 0.141 e. The molecule has 0 amide bonds. The third kappa shape index (κ3) is 1.54. The van der Waals surface area contributed by atoms with E-state index in [2.05, 4.69) is 4.98 Å². The number of hydrogen-bond acceptors (Lipinski definition) is 3. The molecule has 18 heavy (non-hydrogen) atoms. The first-order chi connectivity index (χ1) is 8.61. The Hall–Kier alpha value is -1.78. The highest BCUT2D eigenvalue weighted by Gasteiger charge is 2.42. The lowest BCUT2D eigenvalue weighted by Gasteiger charge is -2.24. The summed E-state index contributed by atoms with van der Waals surface area (Å²) in [5.74, 6) is -0.459. The van der Waals surface area contributed by atoms with E-state index in [4.69, 9.17) is 5.73 Å². The molecule has 1 aromatic carbocycles. The molecule has 0 radical (unpaired) electrons. The minimum atomic E-state index is -1.24. The monoisotopic (exact) mass is 244 g/mol. The second-order valence-corrected chi connectivity index (χ2v) is 4.65. The van der Waals surface area contributed by atoms with Gasteiger partial charge in [0.2, 0.25) is 0 Å². The van der Waals surface area contributed by atoms with Crippen LogP contribution in [-0.4, -0.2) is 10.1 Å². The zero-order valence-corrected chi connectivity index (χ0v) is 9.68. The highest BCUT2D eigenvalue weighted by atomic mass is 19.1. The summed E-state index contributed by atoms with van der Waals surface area (Å²) in [5, 5.41) is 10.8. The van der Waals surface area contributed by atoms with Gasteiger partial charge in [0, 0.05) is 24.2 Å². The fraction of sp³-hybridized carbons (Fsp3) is 0.214. The van der Waals surface area contributed by atoms with E-state index in [-0.39, 0.29) is 6.04 Å². The Labute approximate surface area is 104 Å². The number of rotatable bonds is 1. The van der Waals surface area contributed by atoms with E-state index in [9.17, 15) is 9.50 Å². The number of fused-ring (bicyclic) bond motifs is 1. The Bertz CT molecular complexity index is 602. The van der Waals surface area contributed by atoms with Crippen molar-refractivity contribution in [1.82, 2.24) is 4.98 Å². The molecule has 2 atom stereocenters. The quantitative estimate of drug-likeness (QED) is 0.805. The average molecular weight is 244 g/mol. The second kappa shape index (κ2) is 3.86. The van der Waals surface area contributed by atoms with Crippen LogP contribution in [0.2, 0.25) is 0 Å². The van der Waals surface area contributed by atoms with E-state index < -0.39 is 11.4 Å². The number of pyridine rings is 1. The summed E-state index contributed by atoms with van der Waals surface area (Å²) in [5.41, 5.74) is 6.87. The molecular formula is C14H13FN2O. The maximum absolute atomic E-state index is 13.3. The van der Waals surface area contributed by atoms with Crippen molar-refractivity contribution in [2.75, 3.05) is 0 Å². The lowest BCUT2D eigenvalue weighted by atomic mass is 9.89. The number of halogens is 1. The van der Waals surface area contributed by atoms with Gasteiger partial charge in [-0.3, -0.25) is 4.98 Å². The standard InChI is InChI=1S/C14H13FN2O/c15-10-5-9(7-17-8-10)14(18)6-13(16)11-3-1-2-4-12(11)14/h1-5,7-8,13,18H,6,16H2. The largest absolute Gasteiger partial charge is 0.380 e. The van der Waals surface area contributed by atoms with E-state index >= 15 is 0 Å². The lowest BCUT2D eigenvalue weighted by Crippen LogP contribution is -2.25. The van der Waals surface area contributed by atoms with Gasteiger partial charge in [0.15, 0.2) is 0 Å². The van der Waals surface area contributed by atoms with E-state index in [1.54, 1.807) is 0 Å². The van der Waals surface area contributed by atoms with Crippen LogP contribution in [0.4, 0.5) is 4.39 Å². The van der Waals surface area contributed by atoms with Crippen LogP contribution in [0.25, 0.3) is 0 Å². The molecule has 2 aromatic rings. The van der Waals surface area contributed by atoms with E-state index in [0.29, 0.717) is 12.0 Å². The molecule has 0 bridgehead atoms. The Balaban J connectivity index is 2.18. The van der Waals surface area contributed by atoms with Gasteiger partial charge in [0.1, 0.15) is 11.4 Å². The van der Waals surface area contributed by atoms with Crippen LogP contribution < -0.4 is 5.73 Å². The number of benzene rings is 1. The highest BCUT2D eigenvalue weighted by Crippen LogP contribution is 2.45. The normalized spacial score (nSPS) is 26.1. The minimum absolute atomic E-state index is 0.241. The summed E-state index contributed by atoms with van der Waals surface area (Å²) in [4.78, 5) is 3.80. The zero-order chi connectivity index (χ0) is 12.8. The number of nitrogens with zero attached hydrogens (tertiary/aromatic N) is 1. The summed E-state index contributed by atoms with van der Waals surface area (Å²) in [6, 6.07) is 8.51. The SMILES string of the molecule is NC1CC(O)(c2cncc(F)c2)c2ccccc21. The van der Waals surface area contributed by atoms with Crippen molar-refractivity contribution in [3.05, 3.63) is 65.2 Å². The molecular weight excluding hydrogens is 231 g/mol. The van der Waals surface area contributed by atoms with Gasteiger partial charge in [-0.05, 0) is 17.2 Å². The summed E-state index contributed by atoms with van der Waals surface area (Å²) in [7, 11) is 0. The van der Waals surface area contributed by atoms with Crippen molar-refractivity contribution in [2.45, 2.75) is 18.1 Å². The second-order valence-electron chi connectivity index (χ2n) is 4.65. The van der Waals surface area contributed by atoms with Crippen LogP contribution in [0.5, 0.6) is 0 Å². The van der Waals surface area contributed by atoms with Crippen LogP contribution in [0.15, 0.2) is 42.7 Å². The molecule has 92 valence electrons. The smallest absolute Gasteiger partial charge is 0.141 e. The predicted octanol–water partition coefficient (Wildman–Crippen LogP) is 1.86. The first-order valence-corrected chi connectivity index (χ1v) is 5.79. The van der Waals surface area contributed by atoms with E-state index in [1.165, 1.54) is 12.3 Å².